The molecule has 0 bridgehead atoms. The van der Waals surface area contributed by atoms with Gasteiger partial charge in [-0.15, -0.1) is 11.8 Å². The average molecular weight is 400 g/mol. The van der Waals surface area contributed by atoms with Crippen LogP contribution >= 0.6 is 35.0 Å². The molecule has 4 nitrogen and oxygen atoms in total. The summed E-state index contributed by atoms with van der Waals surface area (Å²) in [5, 5.41) is 3.99. The molecule has 0 aliphatic heterocycles. The molecule has 2 aromatic rings. The molecule has 0 aliphatic carbocycles. The van der Waals surface area contributed by atoms with E-state index in [2.05, 4.69) is 5.32 Å². The van der Waals surface area contributed by atoms with E-state index in [1.165, 1.54) is 14.2 Å². The average Bonchev–Trinajstić information content (AvgIpc) is 2.61. The van der Waals surface area contributed by atoms with Crippen LogP contribution in [0.1, 0.15) is 12.8 Å². The molecular formula is C18H19Cl2NO3S. The fourth-order valence-electron chi connectivity index (χ4n) is 2.12. The molecule has 1 N–H and O–H groups in total. The third-order valence-corrected chi connectivity index (χ3v) is 5.02. The Morgan fingerprint density at radius 1 is 1.08 bits per heavy atom. The highest BCUT2D eigenvalue weighted by Crippen LogP contribution is 2.36. The van der Waals surface area contributed by atoms with E-state index in [1.807, 2.05) is 24.3 Å². The molecule has 2 rings (SSSR count). The third-order valence-electron chi connectivity index (χ3n) is 3.38. The van der Waals surface area contributed by atoms with Crippen LogP contribution in [0.15, 0.2) is 41.3 Å². The summed E-state index contributed by atoms with van der Waals surface area (Å²) in [5.41, 5.74) is 0.541. The molecule has 7 heteroatoms. The molecule has 0 heterocycles. The number of ether oxygens (including phenoxy) is 2. The molecule has 0 aliphatic rings. The summed E-state index contributed by atoms with van der Waals surface area (Å²) in [4.78, 5) is 13.3. The molecule has 134 valence electrons. The van der Waals surface area contributed by atoms with Gasteiger partial charge in [0.1, 0.15) is 11.5 Å². The molecule has 0 unspecified atom stereocenters. The van der Waals surface area contributed by atoms with Crippen LogP contribution in [0.25, 0.3) is 0 Å². The topological polar surface area (TPSA) is 47.6 Å². The predicted molar refractivity (Wildman–Crippen MR) is 105 cm³/mol. The molecule has 0 atom stereocenters. The highest BCUT2D eigenvalue weighted by molar-refractivity contribution is 7.99. The summed E-state index contributed by atoms with van der Waals surface area (Å²) in [7, 11) is 3.05. The van der Waals surface area contributed by atoms with Gasteiger partial charge < -0.3 is 14.8 Å². The van der Waals surface area contributed by atoms with E-state index in [0.717, 1.165) is 22.1 Å². The van der Waals surface area contributed by atoms with E-state index < -0.39 is 0 Å². The first-order valence-corrected chi connectivity index (χ1v) is 9.37. The molecule has 0 aromatic heterocycles. The number of methoxy groups -OCH3 is 2. The van der Waals surface area contributed by atoms with Crippen molar-refractivity contribution in [3.8, 4) is 11.5 Å². The Balaban J connectivity index is 1.84. The van der Waals surface area contributed by atoms with E-state index in [4.69, 9.17) is 32.7 Å². The number of benzene rings is 2. The Labute approximate surface area is 161 Å². The first kappa shape index (κ1) is 19.8. The third kappa shape index (κ3) is 6.03. The molecule has 0 saturated carbocycles. The van der Waals surface area contributed by atoms with Gasteiger partial charge >= 0.3 is 0 Å². The van der Waals surface area contributed by atoms with Crippen molar-refractivity contribution in [2.45, 2.75) is 17.7 Å². The maximum Gasteiger partial charge on any atom is 0.224 e. The molecule has 0 radical (unpaired) electrons. The van der Waals surface area contributed by atoms with Crippen LogP contribution in [-0.2, 0) is 4.79 Å². The summed E-state index contributed by atoms with van der Waals surface area (Å²) in [6.07, 6.45) is 1.17. The zero-order chi connectivity index (χ0) is 18.2. The zero-order valence-corrected chi connectivity index (χ0v) is 16.3. The van der Waals surface area contributed by atoms with E-state index in [9.17, 15) is 4.79 Å². The van der Waals surface area contributed by atoms with Gasteiger partial charge in [0.25, 0.3) is 0 Å². The van der Waals surface area contributed by atoms with Gasteiger partial charge in [-0.25, -0.2) is 0 Å². The molecule has 0 spiro atoms. The van der Waals surface area contributed by atoms with Gasteiger partial charge in [0, 0.05) is 28.5 Å². The molecule has 0 saturated heterocycles. The number of hydrogen-bond acceptors (Lipinski definition) is 4. The van der Waals surface area contributed by atoms with Crippen molar-refractivity contribution in [1.29, 1.82) is 0 Å². The fraction of sp³-hybridized carbons (Fsp3) is 0.278. The summed E-state index contributed by atoms with van der Waals surface area (Å²) < 4.78 is 10.4. The molecule has 25 heavy (non-hydrogen) atoms. The number of anilines is 1. The van der Waals surface area contributed by atoms with Crippen molar-refractivity contribution in [1.82, 2.24) is 0 Å². The first-order chi connectivity index (χ1) is 12.0. The maximum atomic E-state index is 12.2. The SMILES string of the molecule is COc1cc(NC(=O)CCCSc2ccc(Cl)cc2)c(OC)cc1Cl. The van der Waals surface area contributed by atoms with Crippen molar-refractivity contribution >= 4 is 46.6 Å². The Kier molecular flexibility index (Phi) is 7.75. The van der Waals surface area contributed by atoms with Crippen molar-refractivity contribution in [2.24, 2.45) is 0 Å². The van der Waals surface area contributed by atoms with Crippen LogP contribution in [-0.4, -0.2) is 25.9 Å². The van der Waals surface area contributed by atoms with Crippen molar-refractivity contribution < 1.29 is 14.3 Å². The van der Waals surface area contributed by atoms with Crippen molar-refractivity contribution in [3.63, 3.8) is 0 Å². The monoisotopic (exact) mass is 399 g/mol. The van der Waals surface area contributed by atoms with Gasteiger partial charge in [0.2, 0.25) is 5.91 Å². The smallest absolute Gasteiger partial charge is 0.224 e. The summed E-state index contributed by atoms with van der Waals surface area (Å²) in [5.74, 6) is 1.74. The Morgan fingerprint density at radius 2 is 1.76 bits per heavy atom. The van der Waals surface area contributed by atoms with Gasteiger partial charge in [0.05, 0.1) is 24.9 Å². The van der Waals surface area contributed by atoms with E-state index in [-0.39, 0.29) is 5.91 Å². The van der Waals surface area contributed by atoms with Gasteiger partial charge in [0.15, 0.2) is 0 Å². The fourth-order valence-corrected chi connectivity index (χ4v) is 3.33. The quantitative estimate of drug-likeness (QED) is 0.468. The van der Waals surface area contributed by atoms with Crippen LogP contribution in [0.4, 0.5) is 5.69 Å². The number of carbonyl (C=O) groups is 1. The van der Waals surface area contributed by atoms with E-state index >= 15 is 0 Å². The van der Waals surface area contributed by atoms with E-state index in [0.29, 0.717) is 28.6 Å². The number of thioether (sulfide) groups is 1. The van der Waals surface area contributed by atoms with Gasteiger partial charge in [-0.1, -0.05) is 23.2 Å². The number of amides is 1. The number of halogens is 2. The van der Waals surface area contributed by atoms with Crippen molar-refractivity contribution in [3.05, 3.63) is 46.4 Å². The predicted octanol–water partition coefficient (Wildman–Crippen LogP) is 5.52. The van der Waals surface area contributed by atoms with Crippen molar-refractivity contribution in [2.75, 3.05) is 25.3 Å². The molecular weight excluding hydrogens is 381 g/mol. The summed E-state index contributed by atoms with van der Waals surface area (Å²) in [6.45, 7) is 0. The lowest BCUT2D eigenvalue weighted by Crippen LogP contribution is -2.12. The van der Waals surface area contributed by atoms with Crippen LogP contribution in [0, 0.1) is 0 Å². The summed E-state index contributed by atoms with van der Waals surface area (Å²) >= 11 is 13.6. The largest absolute Gasteiger partial charge is 0.495 e. The number of hydrogen-bond donors (Lipinski definition) is 1. The Bertz CT molecular complexity index is 723. The lowest BCUT2D eigenvalue weighted by Gasteiger charge is -2.13. The number of rotatable bonds is 8. The van der Waals surface area contributed by atoms with Crippen LogP contribution in [0.2, 0.25) is 10.0 Å². The minimum absolute atomic E-state index is 0.0839. The number of carbonyl (C=O) groups excluding carboxylic acids is 1. The zero-order valence-electron chi connectivity index (χ0n) is 14.0. The van der Waals surface area contributed by atoms with Gasteiger partial charge in [-0.3, -0.25) is 4.79 Å². The lowest BCUT2D eigenvalue weighted by molar-refractivity contribution is -0.116. The minimum atomic E-state index is -0.0839. The van der Waals surface area contributed by atoms with Gasteiger partial charge in [-0.05, 0) is 36.4 Å². The molecule has 1 amide bonds. The van der Waals surface area contributed by atoms with Crippen LogP contribution in [0.5, 0.6) is 11.5 Å². The second kappa shape index (κ2) is 9.80. The van der Waals surface area contributed by atoms with E-state index in [1.54, 1.807) is 23.9 Å². The van der Waals surface area contributed by atoms with Crippen LogP contribution < -0.4 is 14.8 Å². The highest BCUT2D eigenvalue weighted by atomic mass is 35.5. The first-order valence-electron chi connectivity index (χ1n) is 7.63. The Hall–Kier alpha value is -1.56. The minimum Gasteiger partial charge on any atom is -0.495 e. The molecule has 2 aromatic carbocycles. The standard InChI is InChI=1S/C18H19Cl2NO3S/c1-23-16-11-15(17(24-2)10-14(16)20)21-18(22)4-3-9-25-13-7-5-12(19)6-8-13/h5-8,10-11H,3-4,9H2,1-2H3,(H,21,22). The highest BCUT2D eigenvalue weighted by Gasteiger charge is 2.12. The summed E-state index contributed by atoms with van der Waals surface area (Å²) in [6, 6.07) is 10.9. The normalized spacial score (nSPS) is 10.4. The lowest BCUT2D eigenvalue weighted by atomic mass is 10.2. The second-order valence-electron chi connectivity index (χ2n) is 5.14. The Morgan fingerprint density at radius 3 is 2.40 bits per heavy atom. The van der Waals surface area contributed by atoms with Gasteiger partial charge in [-0.2, -0.15) is 0 Å². The molecule has 0 fully saturated rings. The number of nitrogens with one attached hydrogen (secondary N) is 1. The maximum absolute atomic E-state index is 12.2. The van der Waals surface area contributed by atoms with Crippen LogP contribution in [0.3, 0.4) is 0 Å². The second-order valence-corrected chi connectivity index (χ2v) is 7.15.